The third-order valence-electron chi connectivity index (χ3n) is 3.19. The Kier molecular flexibility index (Phi) is 5.22. The molecule has 0 saturated carbocycles. The van der Waals surface area contributed by atoms with E-state index in [-0.39, 0.29) is 11.0 Å². The highest BCUT2D eigenvalue weighted by molar-refractivity contribution is 9.10. The normalized spacial score (nSPS) is 12.7. The molecular formula is C17H18BrNO6. The molecule has 8 heteroatoms. The lowest BCUT2D eigenvalue weighted by molar-refractivity contribution is -0.156. The topological polar surface area (TPSA) is 106 Å². The Morgan fingerprint density at radius 1 is 1.32 bits per heavy atom. The minimum absolute atomic E-state index is 0.127. The summed E-state index contributed by atoms with van der Waals surface area (Å²) in [6.07, 6.45) is 0. The van der Waals surface area contributed by atoms with E-state index in [1.807, 2.05) is 0 Å². The predicted molar refractivity (Wildman–Crippen MR) is 94.6 cm³/mol. The highest BCUT2D eigenvalue weighted by Gasteiger charge is 2.27. The number of aromatic hydroxyl groups is 1. The van der Waals surface area contributed by atoms with Gasteiger partial charge in [0.05, 0.1) is 9.86 Å². The maximum absolute atomic E-state index is 12.3. The average molecular weight is 412 g/mol. The summed E-state index contributed by atoms with van der Waals surface area (Å²) in [5.41, 5.74) is -2.17. The lowest BCUT2D eigenvalue weighted by Crippen LogP contribution is -2.43. The van der Waals surface area contributed by atoms with Gasteiger partial charge in [-0.3, -0.25) is 4.79 Å². The van der Waals surface area contributed by atoms with Gasteiger partial charge in [-0.15, -0.1) is 0 Å². The van der Waals surface area contributed by atoms with Gasteiger partial charge in [0.2, 0.25) is 0 Å². The fourth-order valence-electron chi connectivity index (χ4n) is 2.09. The smallest absolute Gasteiger partial charge is 0.353 e. The maximum atomic E-state index is 12.3. The number of carbonyl (C=O) groups is 2. The molecule has 0 radical (unpaired) electrons. The van der Waals surface area contributed by atoms with Crippen LogP contribution in [0, 0.1) is 0 Å². The largest absolute Gasteiger partial charge is 0.506 e. The molecule has 0 unspecified atom stereocenters. The second kappa shape index (κ2) is 6.87. The van der Waals surface area contributed by atoms with Gasteiger partial charge in [0, 0.05) is 0 Å². The van der Waals surface area contributed by atoms with Gasteiger partial charge in [-0.1, -0.05) is 6.07 Å². The molecule has 0 spiro atoms. The van der Waals surface area contributed by atoms with Crippen LogP contribution in [0.5, 0.6) is 5.75 Å². The molecule has 0 aliphatic rings. The van der Waals surface area contributed by atoms with Crippen molar-refractivity contribution in [3.63, 3.8) is 0 Å². The Hall–Kier alpha value is -2.35. The summed E-state index contributed by atoms with van der Waals surface area (Å²) in [6.45, 7) is 6.51. The first-order valence-corrected chi connectivity index (χ1v) is 8.28. The number of amides is 1. The van der Waals surface area contributed by atoms with Crippen molar-refractivity contribution in [2.24, 2.45) is 0 Å². The van der Waals surface area contributed by atoms with Gasteiger partial charge in [-0.05, 0) is 55.8 Å². The van der Waals surface area contributed by atoms with Crippen LogP contribution in [0.3, 0.4) is 0 Å². The molecule has 1 amide bonds. The summed E-state index contributed by atoms with van der Waals surface area (Å²) in [5, 5.41) is 12.8. The summed E-state index contributed by atoms with van der Waals surface area (Å²) in [7, 11) is 0. The highest BCUT2D eigenvalue weighted by atomic mass is 79.9. The predicted octanol–water partition coefficient (Wildman–Crippen LogP) is 2.72. The molecule has 0 aliphatic carbocycles. The first kappa shape index (κ1) is 19.0. The molecular weight excluding hydrogens is 394 g/mol. The molecule has 25 heavy (non-hydrogen) atoms. The molecule has 1 atom stereocenters. The highest BCUT2D eigenvalue weighted by Crippen LogP contribution is 2.30. The second-order valence-electron chi connectivity index (χ2n) is 6.46. The minimum Gasteiger partial charge on any atom is -0.506 e. The van der Waals surface area contributed by atoms with Crippen molar-refractivity contribution in [3.05, 3.63) is 38.7 Å². The van der Waals surface area contributed by atoms with Gasteiger partial charge in [-0.25, -0.2) is 9.59 Å². The standard InChI is InChI=1S/C17H18BrNO6/c1-8(15(22)25-17(2,3)4)19-14(21)11-12(20)9-6-5-7-10(18)13(9)24-16(11)23/h5-8,20H,1-4H3,(H,19,21)/t8-/m0/s1. The maximum Gasteiger partial charge on any atom is 0.353 e. The number of nitrogens with one attached hydrogen (secondary N) is 1. The van der Waals surface area contributed by atoms with E-state index >= 15 is 0 Å². The third kappa shape index (κ3) is 4.19. The van der Waals surface area contributed by atoms with Crippen LogP contribution < -0.4 is 10.9 Å². The minimum atomic E-state index is -1.01. The Bertz CT molecular complexity index is 896. The zero-order chi connectivity index (χ0) is 18.9. The number of hydrogen-bond acceptors (Lipinski definition) is 6. The van der Waals surface area contributed by atoms with Gasteiger partial charge >= 0.3 is 11.6 Å². The van der Waals surface area contributed by atoms with Crippen LogP contribution in [0.1, 0.15) is 38.1 Å². The lowest BCUT2D eigenvalue weighted by Gasteiger charge is -2.22. The average Bonchev–Trinajstić information content (AvgIpc) is 2.46. The van der Waals surface area contributed by atoms with E-state index in [0.29, 0.717) is 4.47 Å². The monoisotopic (exact) mass is 411 g/mol. The van der Waals surface area contributed by atoms with Crippen molar-refractivity contribution in [1.29, 1.82) is 0 Å². The lowest BCUT2D eigenvalue weighted by atomic mass is 10.1. The van der Waals surface area contributed by atoms with Crippen LogP contribution in [-0.4, -0.2) is 28.6 Å². The van der Waals surface area contributed by atoms with Gasteiger partial charge in [-0.2, -0.15) is 0 Å². The Labute approximate surface area is 152 Å². The van der Waals surface area contributed by atoms with Crippen LogP contribution in [0.2, 0.25) is 0 Å². The quantitative estimate of drug-likeness (QED) is 0.593. The molecule has 1 aromatic heterocycles. The van der Waals surface area contributed by atoms with Crippen molar-refractivity contribution in [2.75, 3.05) is 0 Å². The number of rotatable bonds is 3. The first-order valence-electron chi connectivity index (χ1n) is 7.49. The van der Waals surface area contributed by atoms with Crippen molar-refractivity contribution < 1.29 is 23.8 Å². The van der Waals surface area contributed by atoms with Gasteiger partial charge in [0.25, 0.3) is 5.91 Å². The number of fused-ring (bicyclic) bond motifs is 1. The molecule has 0 fully saturated rings. The Morgan fingerprint density at radius 2 is 1.96 bits per heavy atom. The molecule has 0 bridgehead atoms. The summed E-state index contributed by atoms with van der Waals surface area (Å²) in [4.78, 5) is 36.4. The van der Waals surface area contributed by atoms with Gasteiger partial charge in [0.15, 0.2) is 11.1 Å². The van der Waals surface area contributed by atoms with E-state index in [9.17, 15) is 19.5 Å². The molecule has 2 rings (SSSR count). The number of esters is 1. The fraction of sp³-hybridized carbons (Fsp3) is 0.353. The molecule has 1 aromatic carbocycles. The van der Waals surface area contributed by atoms with Crippen LogP contribution in [0.15, 0.2) is 31.9 Å². The summed E-state index contributed by atoms with van der Waals surface area (Å²) >= 11 is 3.21. The zero-order valence-corrected chi connectivity index (χ0v) is 15.8. The molecule has 134 valence electrons. The molecule has 0 saturated heterocycles. The van der Waals surface area contributed by atoms with Crippen LogP contribution in [-0.2, 0) is 9.53 Å². The zero-order valence-electron chi connectivity index (χ0n) is 14.2. The summed E-state index contributed by atoms with van der Waals surface area (Å²) in [6, 6.07) is 3.75. The Morgan fingerprint density at radius 3 is 2.56 bits per heavy atom. The SMILES string of the molecule is C[C@H](NC(=O)c1c(O)c2cccc(Br)c2oc1=O)C(=O)OC(C)(C)C. The van der Waals surface area contributed by atoms with Gasteiger partial charge in [0.1, 0.15) is 17.4 Å². The number of para-hydroxylation sites is 1. The van der Waals surface area contributed by atoms with Crippen LogP contribution >= 0.6 is 15.9 Å². The number of hydrogen-bond donors (Lipinski definition) is 2. The van der Waals surface area contributed by atoms with Crippen molar-refractivity contribution >= 4 is 38.8 Å². The molecule has 0 aliphatic heterocycles. The third-order valence-corrected chi connectivity index (χ3v) is 3.82. The summed E-state index contributed by atoms with van der Waals surface area (Å²) < 4.78 is 10.7. The Balaban J connectivity index is 2.34. The van der Waals surface area contributed by atoms with E-state index in [1.165, 1.54) is 13.0 Å². The van der Waals surface area contributed by atoms with Crippen molar-refractivity contribution in [3.8, 4) is 5.75 Å². The van der Waals surface area contributed by atoms with Crippen molar-refractivity contribution in [2.45, 2.75) is 39.3 Å². The molecule has 2 aromatic rings. The van der Waals surface area contributed by atoms with E-state index in [2.05, 4.69) is 21.2 Å². The number of carbonyl (C=O) groups excluding carboxylic acids is 2. The van der Waals surface area contributed by atoms with E-state index in [0.717, 1.165) is 0 Å². The van der Waals surface area contributed by atoms with E-state index < -0.39 is 40.5 Å². The molecule has 2 N–H and O–H groups in total. The number of benzene rings is 1. The van der Waals surface area contributed by atoms with Gasteiger partial charge < -0.3 is 19.6 Å². The molecule has 1 heterocycles. The second-order valence-corrected chi connectivity index (χ2v) is 7.31. The van der Waals surface area contributed by atoms with E-state index in [4.69, 9.17) is 9.15 Å². The number of ether oxygens (including phenoxy) is 1. The number of halogens is 1. The van der Waals surface area contributed by atoms with E-state index in [1.54, 1.807) is 32.9 Å². The van der Waals surface area contributed by atoms with Crippen LogP contribution in [0.4, 0.5) is 0 Å². The first-order chi connectivity index (χ1) is 11.5. The fourth-order valence-corrected chi connectivity index (χ4v) is 2.54. The summed E-state index contributed by atoms with van der Waals surface area (Å²) in [5.74, 6) is -2.10. The molecule has 7 nitrogen and oxygen atoms in total. The van der Waals surface area contributed by atoms with Crippen LogP contribution in [0.25, 0.3) is 11.0 Å². The van der Waals surface area contributed by atoms with Crippen molar-refractivity contribution in [1.82, 2.24) is 5.32 Å².